The lowest BCUT2D eigenvalue weighted by Gasteiger charge is -2.14. The summed E-state index contributed by atoms with van der Waals surface area (Å²) in [6.07, 6.45) is -3.27. The third-order valence-electron chi connectivity index (χ3n) is 2.91. The van der Waals surface area contributed by atoms with Gasteiger partial charge in [0.25, 0.3) is 5.91 Å². The maximum Gasteiger partial charge on any atom is 0.416 e. The monoisotopic (exact) mass is 313 g/mol. The van der Waals surface area contributed by atoms with E-state index in [1.807, 2.05) is 0 Å². The fraction of sp³-hybridized carbons (Fsp3) is 0.231. The Morgan fingerprint density at radius 2 is 2.14 bits per heavy atom. The van der Waals surface area contributed by atoms with Gasteiger partial charge in [-0.3, -0.25) is 10.1 Å². The Hall–Kier alpha value is -2.71. The molecule has 1 aromatic carbocycles. The Labute approximate surface area is 121 Å². The molecule has 0 saturated heterocycles. The molecule has 22 heavy (non-hydrogen) atoms. The van der Waals surface area contributed by atoms with Gasteiger partial charge in [0.1, 0.15) is 19.5 Å². The molecule has 0 unspecified atom stereocenters. The lowest BCUT2D eigenvalue weighted by molar-refractivity contribution is -0.137. The molecule has 1 aliphatic rings. The molecular formula is C13H10F3N3O3. The minimum absolute atomic E-state index is 0.0226. The molecule has 2 aromatic rings. The Morgan fingerprint density at radius 1 is 1.32 bits per heavy atom. The number of alkyl halides is 3. The third-order valence-corrected chi connectivity index (χ3v) is 2.91. The van der Waals surface area contributed by atoms with Crippen LogP contribution in [0.5, 0.6) is 0 Å². The summed E-state index contributed by atoms with van der Waals surface area (Å²) in [5.74, 6) is -0.605. The molecule has 0 aliphatic carbocycles. The average molecular weight is 313 g/mol. The van der Waals surface area contributed by atoms with Gasteiger partial charge in [0.05, 0.1) is 16.6 Å². The smallest absolute Gasteiger partial charge is 0.416 e. The quantitative estimate of drug-likeness (QED) is 0.892. The maximum atomic E-state index is 12.6. The molecule has 0 fully saturated rings. The predicted octanol–water partition coefficient (Wildman–Crippen LogP) is 2.41. The fourth-order valence-electron chi connectivity index (χ4n) is 1.90. The first-order chi connectivity index (χ1) is 10.4. The van der Waals surface area contributed by atoms with Crippen molar-refractivity contribution in [2.24, 2.45) is 0 Å². The van der Waals surface area contributed by atoms with E-state index in [-0.39, 0.29) is 23.8 Å². The molecule has 0 saturated carbocycles. The van der Waals surface area contributed by atoms with E-state index >= 15 is 0 Å². The highest BCUT2D eigenvalue weighted by Gasteiger charge is 2.30. The topological polar surface area (TPSA) is 76.2 Å². The summed E-state index contributed by atoms with van der Waals surface area (Å²) in [7, 11) is 0. The number of fused-ring (bicyclic) bond motifs is 1. The first-order valence-corrected chi connectivity index (χ1v) is 6.26. The lowest BCUT2D eigenvalue weighted by atomic mass is 10.2. The van der Waals surface area contributed by atoms with Gasteiger partial charge in [-0.15, -0.1) is 0 Å². The van der Waals surface area contributed by atoms with Crippen molar-refractivity contribution < 1.29 is 27.4 Å². The van der Waals surface area contributed by atoms with Gasteiger partial charge in [-0.05, 0) is 18.2 Å². The number of imidazole rings is 1. The number of aromatic amines is 1. The molecule has 0 atom stereocenters. The highest BCUT2D eigenvalue weighted by molar-refractivity contribution is 6.01. The van der Waals surface area contributed by atoms with E-state index in [1.54, 1.807) is 0 Å². The van der Waals surface area contributed by atoms with Crippen molar-refractivity contribution in [2.45, 2.75) is 6.18 Å². The molecule has 0 bridgehead atoms. The van der Waals surface area contributed by atoms with Gasteiger partial charge < -0.3 is 14.5 Å². The maximum absolute atomic E-state index is 12.6. The molecule has 0 radical (unpaired) electrons. The molecule has 3 rings (SSSR count). The van der Waals surface area contributed by atoms with Crippen LogP contribution in [0.3, 0.4) is 0 Å². The summed E-state index contributed by atoms with van der Waals surface area (Å²) < 4.78 is 47.9. The summed E-state index contributed by atoms with van der Waals surface area (Å²) in [6.45, 7) is 0.593. The number of ether oxygens (including phenoxy) is 2. The Balaban J connectivity index is 1.83. The van der Waals surface area contributed by atoms with Gasteiger partial charge >= 0.3 is 6.18 Å². The third kappa shape index (κ3) is 2.83. The molecule has 116 valence electrons. The van der Waals surface area contributed by atoms with E-state index in [9.17, 15) is 18.0 Å². The molecule has 1 amide bonds. The van der Waals surface area contributed by atoms with Gasteiger partial charge in [-0.2, -0.15) is 13.2 Å². The number of H-pyrrole nitrogens is 1. The van der Waals surface area contributed by atoms with Crippen molar-refractivity contribution in [3.8, 4) is 0 Å². The number of hydrogen-bond acceptors (Lipinski definition) is 4. The van der Waals surface area contributed by atoms with E-state index < -0.39 is 17.6 Å². The molecular weight excluding hydrogens is 303 g/mol. The molecule has 9 heteroatoms. The van der Waals surface area contributed by atoms with E-state index in [0.29, 0.717) is 12.1 Å². The van der Waals surface area contributed by atoms with Crippen LogP contribution in [0.25, 0.3) is 11.0 Å². The van der Waals surface area contributed by atoms with Crippen molar-refractivity contribution in [2.75, 3.05) is 18.5 Å². The van der Waals surface area contributed by atoms with Crippen molar-refractivity contribution in [3.05, 3.63) is 35.8 Å². The number of hydrogen-bond donors (Lipinski definition) is 2. The van der Waals surface area contributed by atoms with Crippen molar-refractivity contribution in [1.29, 1.82) is 0 Å². The lowest BCUT2D eigenvalue weighted by Crippen LogP contribution is -2.21. The number of nitrogens with zero attached hydrogens (tertiary/aromatic N) is 1. The zero-order valence-electron chi connectivity index (χ0n) is 11.0. The minimum atomic E-state index is -4.44. The number of benzene rings is 1. The van der Waals surface area contributed by atoms with Crippen LogP contribution < -0.4 is 5.32 Å². The number of carbonyl (C=O) groups excluding carboxylic acids is 1. The van der Waals surface area contributed by atoms with Crippen LogP contribution in [0.2, 0.25) is 0 Å². The highest BCUT2D eigenvalue weighted by atomic mass is 19.4. The van der Waals surface area contributed by atoms with Gasteiger partial charge in [0.2, 0.25) is 11.7 Å². The molecule has 2 heterocycles. The molecule has 2 N–H and O–H groups in total. The number of carbonyl (C=O) groups is 1. The molecule has 0 spiro atoms. The summed E-state index contributed by atoms with van der Waals surface area (Å²) in [4.78, 5) is 18.4. The number of anilines is 1. The van der Waals surface area contributed by atoms with Crippen LogP contribution in [0.4, 0.5) is 19.1 Å². The van der Waals surface area contributed by atoms with Gasteiger partial charge in [0, 0.05) is 0 Å². The van der Waals surface area contributed by atoms with Crippen LogP contribution in [-0.4, -0.2) is 29.1 Å². The molecule has 1 aromatic heterocycles. The second kappa shape index (κ2) is 5.24. The predicted molar refractivity (Wildman–Crippen MR) is 69.7 cm³/mol. The van der Waals surface area contributed by atoms with Crippen LogP contribution in [0.15, 0.2) is 30.2 Å². The van der Waals surface area contributed by atoms with E-state index in [1.165, 1.54) is 12.3 Å². The van der Waals surface area contributed by atoms with Crippen LogP contribution >= 0.6 is 0 Å². The summed E-state index contributed by atoms with van der Waals surface area (Å²) in [5, 5.41) is 2.40. The van der Waals surface area contributed by atoms with Gasteiger partial charge in [0.15, 0.2) is 0 Å². The number of aromatic nitrogens is 2. The number of nitrogens with one attached hydrogen (secondary N) is 2. The fourth-order valence-corrected chi connectivity index (χ4v) is 1.90. The van der Waals surface area contributed by atoms with Gasteiger partial charge in [-0.1, -0.05) is 0 Å². The number of rotatable bonds is 2. The Morgan fingerprint density at radius 3 is 2.82 bits per heavy atom. The summed E-state index contributed by atoms with van der Waals surface area (Å²) in [5.41, 5.74) is -0.328. The first kappa shape index (κ1) is 14.2. The number of halogens is 3. The second-order valence-electron chi connectivity index (χ2n) is 4.47. The SMILES string of the molecule is O=C(Nc1nc2ccc(C(F)(F)F)cc2[nH]1)C1=COCCO1. The Bertz CT molecular complexity index is 752. The van der Waals surface area contributed by atoms with E-state index in [2.05, 4.69) is 15.3 Å². The van der Waals surface area contributed by atoms with Crippen LogP contribution in [-0.2, 0) is 20.4 Å². The zero-order chi connectivity index (χ0) is 15.7. The highest BCUT2D eigenvalue weighted by Crippen LogP contribution is 2.31. The number of amides is 1. The zero-order valence-corrected chi connectivity index (χ0v) is 11.0. The molecule has 1 aliphatic heterocycles. The van der Waals surface area contributed by atoms with E-state index in [4.69, 9.17) is 9.47 Å². The van der Waals surface area contributed by atoms with Crippen molar-refractivity contribution >= 4 is 22.9 Å². The normalized spacial score (nSPS) is 15.0. The average Bonchev–Trinajstić information content (AvgIpc) is 2.88. The standard InChI is InChI=1S/C13H10F3N3O3/c14-13(15,16)7-1-2-8-9(5-7)18-12(17-8)19-11(20)10-6-21-3-4-22-10/h1-2,5-6H,3-4H2,(H2,17,18,19,20). The van der Waals surface area contributed by atoms with Gasteiger partial charge in [-0.25, -0.2) is 4.98 Å². The van der Waals surface area contributed by atoms with Crippen LogP contribution in [0, 0.1) is 0 Å². The second-order valence-corrected chi connectivity index (χ2v) is 4.47. The Kier molecular flexibility index (Phi) is 3.39. The van der Waals surface area contributed by atoms with Crippen molar-refractivity contribution in [3.63, 3.8) is 0 Å². The minimum Gasteiger partial charge on any atom is -0.494 e. The largest absolute Gasteiger partial charge is 0.494 e. The molecule has 6 nitrogen and oxygen atoms in total. The van der Waals surface area contributed by atoms with Crippen molar-refractivity contribution in [1.82, 2.24) is 9.97 Å². The van der Waals surface area contributed by atoms with E-state index in [0.717, 1.165) is 12.1 Å². The van der Waals surface area contributed by atoms with Crippen LogP contribution in [0.1, 0.15) is 5.56 Å². The summed E-state index contributed by atoms with van der Waals surface area (Å²) in [6, 6.07) is 3.08. The first-order valence-electron chi connectivity index (χ1n) is 6.26. The summed E-state index contributed by atoms with van der Waals surface area (Å²) >= 11 is 0.